The Hall–Kier alpha value is -1.02. The van der Waals surface area contributed by atoms with Crippen LogP contribution in [0.3, 0.4) is 0 Å². The maximum atomic E-state index is 5.64. The van der Waals surface area contributed by atoms with E-state index < -0.39 is 0 Å². The van der Waals surface area contributed by atoms with Gasteiger partial charge in [0.1, 0.15) is 0 Å². The number of aryl methyl sites for hydroxylation is 1. The van der Waals surface area contributed by atoms with Crippen LogP contribution >= 0.6 is 0 Å². The smallest absolute Gasteiger partial charge is 0.0401 e. The van der Waals surface area contributed by atoms with Crippen molar-refractivity contribution in [2.75, 3.05) is 18.0 Å². The van der Waals surface area contributed by atoms with Crippen molar-refractivity contribution < 1.29 is 0 Å². The fourth-order valence-electron chi connectivity index (χ4n) is 2.24. The third-order valence-electron chi connectivity index (χ3n) is 3.03. The van der Waals surface area contributed by atoms with Crippen LogP contribution in [0.25, 0.3) is 0 Å². The number of fused-ring (bicyclic) bond motifs is 1. The van der Waals surface area contributed by atoms with Crippen LogP contribution in [0.4, 0.5) is 5.69 Å². The summed E-state index contributed by atoms with van der Waals surface area (Å²) in [4.78, 5) is 2.43. The number of nitrogens with two attached hydrogens (primary N) is 1. The number of rotatable bonds is 2. The maximum Gasteiger partial charge on any atom is 0.0401 e. The lowest BCUT2D eigenvalue weighted by Crippen LogP contribution is -2.40. The molecule has 0 aromatic heterocycles. The van der Waals surface area contributed by atoms with E-state index in [2.05, 4.69) is 36.1 Å². The van der Waals surface area contributed by atoms with Crippen molar-refractivity contribution in [1.82, 2.24) is 0 Å². The summed E-state index contributed by atoms with van der Waals surface area (Å²) < 4.78 is 0. The normalized spacial score (nSPS) is 20.7. The lowest BCUT2D eigenvalue weighted by atomic mass is 9.97. The highest BCUT2D eigenvalue weighted by molar-refractivity contribution is 5.56. The topological polar surface area (TPSA) is 29.3 Å². The van der Waals surface area contributed by atoms with Gasteiger partial charge in [0.25, 0.3) is 0 Å². The molecule has 1 atom stereocenters. The standard InChI is InChI=1S/C12H18N2/c1-10-6-7-11-4-2-3-5-12(11)14(10)9-8-13/h2-5,10H,6-9,13H2,1H3. The van der Waals surface area contributed by atoms with Gasteiger partial charge in [0.05, 0.1) is 0 Å². The van der Waals surface area contributed by atoms with E-state index in [9.17, 15) is 0 Å². The molecule has 0 amide bonds. The molecule has 0 fully saturated rings. The van der Waals surface area contributed by atoms with Crippen LogP contribution in [0.2, 0.25) is 0 Å². The van der Waals surface area contributed by atoms with E-state index in [1.54, 1.807) is 0 Å². The van der Waals surface area contributed by atoms with Gasteiger partial charge in [-0.1, -0.05) is 18.2 Å². The van der Waals surface area contributed by atoms with Gasteiger partial charge in [-0.15, -0.1) is 0 Å². The van der Waals surface area contributed by atoms with Crippen molar-refractivity contribution in [2.45, 2.75) is 25.8 Å². The second-order valence-electron chi connectivity index (χ2n) is 4.00. The van der Waals surface area contributed by atoms with Crippen molar-refractivity contribution >= 4 is 5.69 Å². The Balaban J connectivity index is 2.31. The predicted molar refractivity (Wildman–Crippen MR) is 60.6 cm³/mol. The van der Waals surface area contributed by atoms with Crippen LogP contribution in [0, 0.1) is 0 Å². The Kier molecular flexibility index (Phi) is 2.73. The molecule has 0 saturated heterocycles. The van der Waals surface area contributed by atoms with E-state index in [-0.39, 0.29) is 0 Å². The fraction of sp³-hybridized carbons (Fsp3) is 0.500. The number of anilines is 1. The highest BCUT2D eigenvalue weighted by atomic mass is 15.2. The van der Waals surface area contributed by atoms with Crippen molar-refractivity contribution in [3.8, 4) is 0 Å². The number of para-hydroxylation sites is 1. The molecule has 1 aliphatic heterocycles. The molecular formula is C12H18N2. The monoisotopic (exact) mass is 190 g/mol. The number of hydrogen-bond donors (Lipinski definition) is 1. The second kappa shape index (κ2) is 4.01. The quantitative estimate of drug-likeness (QED) is 0.770. The Bertz CT molecular complexity index is 309. The van der Waals surface area contributed by atoms with Gasteiger partial charge in [-0.25, -0.2) is 0 Å². The molecule has 14 heavy (non-hydrogen) atoms. The summed E-state index contributed by atoms with van der Waals surface area (Å²) in [5.41, 5.74) is 8.49. The fourth-order valence-corrected chi connectivity index (χ4v) is 2.24. The zero-order valence-electron chi connectivity index (χ0n) is 8.74. The van der Waals surface area contributed by atoms with E-state index in [1.807, 2.05) is 0 Å². The summed E-state index contributed by atoms with van der Waals surface area (Å²) in [6.45, 7) is 3.99. The van der Waals surface area contributed by atoms with Crippen LogP contribution in [0.1, 0.15) is 18.9 Å². The number of nitrogens with zero attached hydrogens (tertiary/aromatic N) is 1. The van der Waals surface area contributed by atoms with Gasteiger partial charge in [0.2, 0.25) is 0 Å². The van der Waals surface area contributed by atoms with Crippen LogP contribution in [-0.2, 0) is 6.42 Å². The third kappa shape index (κ3) is 1.62. The first-order valence-electron chi connectivity index (χ1n) is 5.37. The molecule has 1 aromatic carbocycles. The largest absolute Gasteiger partial charge is 0.367 e. The first-order valence-corrected chi connectivity index (χ1v) is 5.37. The summed E-state index contributed by atoms with van der Waals surface area (Å²) in [5.74, 6) is 0. The number of benzene rings is 1. The molecule has 0 saturated carbocycles. The summed E-state index contributed by atoms with van der Waals surface area (Å²) in [6, 6.07) is 9.30. The molecular weight excluding hydrogens is 172 g/mol. The van der Waals surface area contributed by atoms with Gasteiger partial charge >= 0.3 is 0 Å². The lowest BCUT2D eigenvalue weighted by Gasteiger charge is -2.36. The first kappa shape index (κ1) is 9.53. The van der Waals surface area contributed by atoms with E-state index in [0.717, 1.165) is 13.1 Å². The minimum atomic E-state index is 0.633. The van der Waals surface area contributed by atoms with Gasteiger partial charge < -0.3 is 10.6 Å². The summed E-state index contributed by atoms with van der Waals surface area (Å²) in [7, 11) is 0. The molecule has 2 heteroatoms. The zero-order valence-corrected chi connectivity index (χ0v) is 8.74. The molecule has 0 aliphatic carbocycles. The van der Waals surface area contributed by atoms with Gasteiger partial charge in [-0.05, 0) is 31.4 Å². The highest BCUT2D eigenvalue weighted by Gasteiger charge is 2.21. The molecule has 0 spiro atoms. The molecule has 2 rings (SSSR count). The molecule has 1 unspecified atom stereocenters. The Labute approximate surface area is 85.7 Å². The summed E-state index contributed by atoms with van der Waals surface area (Å²) >= 11 is 0. The Morgan fingerprint density at radius 3 is 3.00 bits per heavy atom. The summed E-state index contributed by atoms with van der Waals surface area (Å²) in [6.07, 6.45) is 2.45. The summed E-state index contributed by atoms with van der Waals surface area (Å²) in [5, 5.41) is 0. The van der Waals surface area contributed by atoms with E-state index >= 15 is 0 Å². The molecule has 2 nitrogen and oxygen atoms in total. The molecule has 1 aromatic rings. The average Bonchev–Trinajstić information content (AvgIpc) is 2.23. The van der Waals surface area contributed by atoms with E-state index in [1.165, 1.54) is 24.1 Å². The van der Waals surface area contributed by atoms with E-state index in [0.29, 0.717) is 6.04 Å². The van der Waals surface area contributed by atoms with Gasteiger partial charge in [0, 0.05) is 24.8 Å². The third-order valence-corrected chi connectivity index (χ3v) is 3.03. The molecule has 76 valence electrons. The molecule has 1 heterocycles. The maximum absolute atomic E-state index is 5.64. The zero-order chi connectivity index (χ0) is 9.97. The molecule has 0 radical (unpaired) electrons. The molecule has 2 N–H and O–H groups in total. The second-order valence-corrected chi connectivity index (χ2v) is 4.00. The first-order chi connectivity index (χ1) is 6.83. The van der Waals surface area contributed by atoms with Crippen molar-refractivity contribution in [1.29, 1.82) is 0 Å². The SMILES string of the molecule is CC1CCc2ccccc2N1CCN. The van der Waals surface area contributed by atoms with Crippen LogP contribution < -0.4 is 10.6 Å². The molecule has 0 bridgehead atoms. The van der Waals surface area contributed by atoms with Crippen molar-refractivity contribution in [2.24, 2.45) is 5.73 Å². The minimum absolute atomic E-state index is 0.633. The average molecular weight is 190 g/mol. The van der Waals surface area contributed by atoms with Crippen LogP contribution in [-0.4, -0.2) is 19.1 Å². The number of hydrogen-bond acceptors (Lipinski definition) is 2. The van der Waals surface area contributed by atoms with Crippen molar-refractivity contribution in [3.63, 3.8) is 0 Å². The van der Waals surface area contributed by atoms with Gasteiger partial charge in [-0.3, -0.25) is 0 Å². The lowest BCUT2D eigenvalue weighted by molar-refractivity contribution is 0.565. The van der Waals surface area contributed by atoms with Gasteiger partial charge in [0.15, 0.2) is 0 Å². The Morgan fingerprint density at radius 1 is 1.43 bits per heavy atom. The van der Waals surface area contributed by atoms with Crippen LogP contribution in [0.5, 0.6) is 0 Å². The highest BCUT2D eigenvalue weighted by Crippen LogP contribution is 2.29. The predicted octanol–water partition coefficient (Wildman–Crippen LogP) is 1.79. The van der Waals surface area contributed by atoms with E-state index in [4.69, 9.17) is 5.73 Å². The molecule has 1 aliphatic rings. The Morgan fingerprint density at radius 2 is 2.21 bits per heavy atom. The van der Waals surface area contributed by atoms with Gasteiger partial charge in [-0.2, -0.15) is 0 Å². The van der Waals surface area contributed by atoms with Crippen LogP contribution in [0.15, 0.2) is 24.3 Å². The minimum Gasteiger partial charge on any atom is -0.367 e. The van der Waals surface area contributed by atoms with Crippen molar-refractivity contribution in [3.05, 3.63) is 29.8 Å².